The minimum absolute atomic E-state index is 0.00542. The summed E-state index contributed by atoms with van der Waals surface area (Å²) < 4.78 is 30.0. The lowest BCUT2D eigenvalue weighted by Crippen LogP contribution is -2.13. The molecule has 4 nitrogen and oxygen atoms in total. The number of benzene rings is 1. The fourth-order valence-corrected chi connectivity index (χ4v) is 1.47. The first kappa shape index (κ1) is 13.1. The molecule has 0 amide bonds. The van der Waals surface area contributed by atoms with Crippen LogP contribution in [-0.4, -0.2) is 13.1 Å². The van der Waals surface area contributed by atoms with E-state index in [1.165, 1.54) is 6.07 Å². The molecule has 0 unspecified atom stereocenters. The van der Waals surface area contributed by atoms with E-state index in [9.17, 15) is 13.6 Å². The monoisotopic (exact) mass is 240 g/mol. The van der Waals surface area contributed by atoms with Gasteiger partial charge in [-0.2, -0.15) is 5.26 Å². The SMILES string of the molecule is COC(=O)c1cc(C#N)cc(C(F)F)c1CN. The number of nitriles is 1. The predicted octanol–water partition coefficient (Wildman–Crippen LogP) is 1.74. The summed E-state index contributed by atoms with van der Waals surface area (Å²) in [6.07, 6.45) is -2.80. The lowest BCUT2D eigenvalue weighted by molar-refractivity contribution is 0.0598. The topological polar surface area (TPSA) is 76.1 Å². The fourth-order valence-electron chi connectivity index (χ4n) is 1.47. The van der Waals surface area contributed by atoms with E-state index in [-0.39, 0.29) is 23.2 Å². The Hall–Kier alpha value is -2.00. The van der Waals surface area contributed by atoms with E-state index < -0.39 is 18.0 Å². The standard InChI is InChI=1S/C11H10F2N2O2/c1-17-11(16)8-3-6(4-14)2-7(10(12)13)9(8)5-15/h2-3,10H,5,15H2,1H3. The minimum atomic E-state index is -2.80. The van der Waals surface area contributed by atoms with Crippen LogP contribution in [0.1, 0.15) is 33.5 Å². The number of methoxy groups -OCH3 is 1. The van der Waals surface area contributed by atoms with Gasteiger partial charge in [-0.25, -0.2) is 13.6 Å². The van der Waals surface area contributed by atoms with Crippen LogP contribution in [0.2, 0.25) is 0 Å². The highest BCUT2D eigenvalue weighted by molar-refractivity contribution is 5.92. The zero-order valence-electron chi connectivity index (χ0n) is 9.04. The highest BCUT2D eigenvalue weighted by Gasteiger charge is 2.21. The lowest BCUT2D eigenvalue weighted by Gasteiger charge is -2.12. The first-order valence-electron chi connectivity index (χ1n) is 4.68. The van der Waals surface area contributed by atoms with Crippen molar-refractivity contribution in [3.63, 3.8) is 0 Å². The number of hydrogen-bond acceptors (Lipinski definition) is 4. The number of halogens is 2. The van der Waals surface area contributed by atoms with Gasteiger partial charge in [-0.1, -0.05) is 0 Å². The largest absolute Gasteiger partial charge is 0.465 e. The van der Waals surface area contributed by atoms with Crippen molar-refractivity contribution >= 4 is 5.97 Å². The molecule has 0 aliphatic heterocycles. The summed E-state index contributed by atoms with van der Waals surface area (Å²) in [5.41, 5.74) is 4.82. The second kappa shape index (κ2) is 5.37. The maximum atomic E-state index is 12.8. The number of carbonyl (C=O) groups is 1. The Labute approximate surface area is 96.6 Å². The maximum absolute atomic E-state index is 12.8. The fraction of sp³-hybridized carbons (Fsp3) is 0.273. The van der Waals surface area contributed by atoms with Gasteiger partial charge < -0.3 is 10.5 Å². The number of carbonyl (C=O) groups excluding carboxylic acids is 1. The van der Waals surface area contributed by atoms with Crippen LogP contribution in [0.25, 0.3) is 0 Å². The third kappa shape index (κ3) is 2.57. The molecule has 90 valence electrons. The molecule has 0 atom stereocenters. The predicted molar refractivity (Wildman–Crippen MR) is 55.3 cm³/mol. The Balaban J connectivity index is 3.51. The molecule has 0 heterocycles. The molecule has 1 rings (SSSR count). The Morgan fingerprint density at radius 3 is 2.65 bits per heavy atom. The smallest absolute Gasteiger partial charge is 0.338 e. The number of esters is 1. The first-order chi connectivity index (χ1) is 8.04. The van der Waals surface area contributed by atoms with Gasteiger partial charge in [0.05, 0.1) is 24.3 Å². The van der Waals surface area contributed by atoms with Gasteiger partial charge in [-0.05, 0) is 17.7 Å². The van der Waals surface area contributed by atoms with E-state index in [0.29, 0.717) is 0 Å². The van der Waals surface area contributed by atoms with E-state index in [4.69, 9.17) is 11.0 Å². The Kier molecular flexibility index (Phi) is 4.12. The minimum Gasteiger partial charge on any atom is -0.465 e. The van der Waals surface area contributed by atoms with Gasteiger partial charge in [0.2, 0.25) is 0 Å². The number of ether oxygens (including phenoxy) is 1. The number of nitrogens with two attached hydrogens (primary N) is 1. The first-order valence-corrected chi connectivity index (χ1v) is 4.68. The second-order valence-electron chi connectivity index (χ2n) is 3.20. The molecular weight excluding hydrogens is 230 g/mol. The molecule has 0 aliphatic rings. The maximum Gasteiger partial charge on any atom is 0.338 e. The van der Waals surface area contributed by atoms with Crippen molar-refractivity contribution in [3.8, 4) is 6.07 Å². The lowest BCUT2D eigenvalue weighted by atomic mass is 9.98. The van der Waals surface area contributed by atoms with Gasteiger partial charge in [-0.3, -0.25) is 0 Å². The molecule has 0 saturated carbocycles. The van der Waals surface area contributed by atoms with Crippen molar-refractivity contribution in [2.75, 3.05) is 7.11 Å². The molecule has 0 aliphatic carbocycles. The molecule has 17 heavy (non-hydrogen) atoms. The van der Waals surface area contributed by atoms with Gasteiger partial charge >= 0.3 is 5.97 Å². The molecule has 6 heteroatoms. The summed E-state index contributed by atoms with van der Waals surface area (Å²) in [7, 11) is 1.13. The molecule has 0 aromatic heterocycles. The quantitative estimate of drug-likeness (QED) is 0.816. The van der Waals surface area contributed by atoms with Crippen LogP contribution in [0.5, 0.6) is 0 Å². The number of rotatable bonds is 3. The summed E-state index contributed by atoms with van der Waals surface area (Å²) in [4.78, 5) is 11.4. The van der Waals surface area contributed by atoms with Crippen LogP contribution < -0.4 is 5.73 Å². The Morgan fingerprint density at radius 1 is 1.59 bits per heavy atom. The summed E-state index contributed by atoms with van der Waals surface area (Å²) in [6, 6.07) is 3.93. The zero-order chi connectivity index (χ0) is 13.0. The molecule has 1 aromatic carbocycles. The second-order valence-corrected chi connectivity index (χ2v) is 3.20. The third-order valence-corrected chi connectivity index (χ3v) is 2.26. The zero-order valence-corrected chi connectivity index (χ0v) is 9.04. The number of alkyl halides is 2. The molecule has 0 fully saturated rings. The van der Waals surface area contributed by atoms with E-state index in [1.54, 1.807) is 6.07 Å². The van der Waals surface area contributed by atoms with E-state index in [2.05, 4.69) is 4.74 Å². The summed E-state index contributed by atoms with van der Waals surface area (Å²) in [6.45, 7) is -0.226. The summed E-state index contributed by atoms with van der Waals surface area (Å²) in [5, 5.41) is 8.71. The number of nitrogens with zero attached hydrogens (tertiary/aromatic N) is 1. The summed E-state index contributed by atoms with van der Waals surface area (Å²) >= 11 is 0. The normalized spacial score (nSPS) is 10.1. The van der Waals surface area contributed by atoms with Crippen LogP contribution in [0.4, 0.5) is 8.78 Å². The van der Waals surface area contributed by atoms with Crippen LogP contribution in [0.15, 0.2) is 12.1 Å². The van der Waals surface area contributed by atoms with E-state index >= 15 is 0 Å². The molecule has 1 aromatic rings. The Morgan fingerprint density at radius 2 is 2.24 bits per heavy atom. The van der Waals surface area contributed by atoms with Gasteiger partial charge in [0.25, 0.3) is 6.43 Å². The molecule has 2 N–H and O–H groups in total. The third-order valence-electron chi connectivity index (χ3n) is 2.26. The van der Waals surface area contributed by atoms with Crippen molar-refractivity contribution in [3.05, 3.63) is 34.4 Å². The molecular formula is C11H10F2N2O2. The van der Waals surface area contributed by atoms with Crippen molar-refractivity contribution in [1.29, 1.82) is 5.26 Å². The summed E-state index contributed by atoms with van der Waals surface area (Å²) in [5.74, 6) is -0.788. The average Bonchev–Trinajstić information content (AvgIpc) is 2.35. The molecule has 0 radical (unpaired) electrons. The van der Waals surface area contributed by atoms with Gasteiger partial charge in [0.15, 0.2) is 0 Å². The van der Waals surface area contributed by atoms with Crippen LogP contribution in [0, 0.1) is 11.3 Å². The van der Waals surface area contributed by atoms with E-state index in [1.807, 2.05) is 0 Å². The van der Waals surface area contributed by atoms with Crippen molar-refractivity contribution in [2.24, 2.45) is 5.73 Å². The van der Waals surface area contributed by atoms with Crippen molar-refractivity contribution in [2.45, 2.75) is 13.0 Å². The van der Waals surface area contributed by atoms with Crippen LogP contribution in [0.3, 0.4) is 0 Å². The number of hydrogen-bond donors (Lipinski definition) is 1. The average molecular weight is 240 g/mol. The van der Waals surface area contributed by atoms with Crippen molar-refractivity contribution < 1.29 is 18.3 Å². The molecule has 0 saturated heterocycles. The molecule has 0 spiro atoms. The molecule has 0 bridgehead atoms. The Bertz CT molecular complexity index is 481. The van der Waals surface area contributed by atoms with Gasteiger partial charge in [0.1, 0.15) is 0 Å². The van der Waals surface area contributed by atoms with Crippen molar-refractivity contribution in [1.82, 2.24) is 0 Å². The van der Waals surface area contributed by atoms with Gasteiger partial charge in [-0.15, -0.1) is 0 Å². The van der Waals surface area contributed by atoms with Gasteiger partial charge in [0, 0.05) is 12.1 Å². The highest BCUT2D eigenvalue weighted by Crippen LogP contribution is 2.27. The highest BCUT2D eigenvalue weighted by atomic mass is 19.3. The van der Waals surface area contributed by atoms with Crippen LogP contribution >= 0.6 is 0 Å². The van der Waals surface area contributed by atoms with Crippen LogP contribution in [-0.2, 0) is 11.3 Å². The van der Waals surface area contributed by atoms with E-state index in [0.717, 1.165) is 13.2 Å².